The maximum absolute atomic E-state index is 5.68. The minimum absolute atomic E-state index is 0.181. The molecular weight excluding hydrogens is 126 g/mol. The zero-order chi connectivity index (χ0) is 7.41. The Morgan fingerprint density at radius 3 is 2.50 bits per heavy atom. The number of fused-ring (bicyclic) bond motifs is 1. The third-order valence-corrected chi connectivity index (χ3v) is 3.07. The molecule has 0 aromatic heterocycles. The smallest absolute Gasteiger partial charge is 0.108 e. The number of hydrogen-bond donors (Lipinski definition) is 0. The van der Waals surface area contributed by atoms with Crippen LogP contribution >= 0.6 is 0 Å². The number of rotatable bonds is 0. The normalized spacial score (nSPS) is 54.3. The van der Waals surface area contributed by atoms with E-state index in [-0.39, 0.29) is 11.2 Å². The van der Waals surface area contributed by atoms with E-state index in [4.69, 9.17) is 4.74 Å². The van der Waals surface area contributed by atoms with Gasteiger partial charge in [0.15, 0.2) is 0 Å². The number of ether oxygens (including phenoxy) is 1. The van der Waals surface area contributed by atoms with E-state index in [1.165, 1.54) is 13.0 Å². The lowest BCUT2D eigenvalue weighted by atomic mass is 9.89. The lowest BCUT2D eigenvalue weighted by Gasteiger charge is -2.27. The van der Waals surface area contributed by atoms with Crippen LogP contribution in [0.25, 0.3) is 0 Å². The predicted molar refractivity (Wildman–Crippen MR) is 40.0 cm³/mol. The van der Waals surface area contributed by atoms with E-state index in [0.717, 1.165) is 6.54 Å². The zero-order valence-corrected chi connectivity index (χ0v) is 6.98. The summed E-state index contributed by atoms with van der Waals surface area (Å²) in [6.07, 6.45) is 1.19. The highest BCUT2D eigenvalue weighted by Gasteiger charge is 2.65. The van der Waals surface area contributed by atoms with Crippen molar-refractivity contribution in [1.29, 1.82) is 0 Å². The van der Waals surface area contributed by atoms with E-state index in [1.807, 2.05) is 0 Å². The van der Waals surface area contributed by atoms with Gasteiger partial charge >= 0.3 is 0 Å². The second kappa shape index (κ2) is 1.56. The van der Waals surface area contributed by atoms with Crippen molar-refractivity contribution in [2.45, 2.75) is 31.5 Å². The number of piperidine rings is 1. The standard InChI is InChI=1S/C8H15NO/c1-7-4-5-9(3)6-8(7,2)10-7/h4-6H2,1-3H3/t7-,8+/m0/s1. The van der Waals surface area contributed by atoms with Crippen LogP contribution in [0.5, 0.6) is 0 Å². The second-order valence-electron chi connectivity index (χ2n) is 4.05. The van der Waals surface area contributed by atoms with E-state index in [0.29, 0.717) is 0 Å². The van der Waals surface area contributed by atoms with Crippen LogP contribution in [0, 0.1) is 0 Å². The third kappa shape index (κ3) is 0.663. The van der Waals surface area contributed by atoms with Crippen molar-refractivity contribution in [2.75, 3.05) is 20.1 Å². The van der Waals surface area contributed by atoms with Gasteiger partial charge in [0.25, 0.3) is 0 Å². The number of nitrogens with zero attached hydrogens (tertiary/aromatic N) is 1. The molecule has 2 nitrogen and oxygen atoms in total. The number of epoxide rings is 1. The summed E-state index contributed by atoms with van der Waals surface area (Å²) in [7, 11) is 2.16. The third-order valence-electron chi connectivity index (χ3n) is 3.07. The van der Waals surface area contributed by atoms with E-state index in [2.05, 4.69) is 25.8 Å². The lowest BCUT2D eigenvalue weighted by Crippen LogP contribution is -2.41. The van der Waals surface area contributed by atoms with E-state index >= 15 is 0 Å². The Labute approximate surface area is 62.2 Å². The lowest BCUT2D eigenvalue weighted by molar-refractivity contribution is 0.231. The van der Waals surface area contributed by atoms with Gasteiger partial charge in [-0.25, -0.2) is 0 Å². The maximum atomic E-state index is 5.68. The molecule has 2 heterocycles. The van der Waals surface area contributed by atoms with Crippen LogP contribution in [-0.2, 0) is 4.74 Å². The van der Waals surface area contributed by atoms with Gasteiger partial charge in [-0.3, -0.25) is 0 Å². The van der Waals surface area contributed by atoms with Crippen molar-refractivity contribution in [1.82, 2.24) is 4.90 Å². The largest absolute Gasteiger partial charge is 0.362 e. The molecule has 10 heavy (non-hydrogen) atoms. The minimum atomic E-state index is 0.181. The molecular formula is C8H15NO. The molecule has 0 aliphatic carbocycles. The van der Waals surface area contributed by atoms with Crippen molar-refractivity contribution in [2.24, 2.45) is 0 Å². The fourth-order valence-corrected chi connectivity index (χ4v) is 1.98. The zero-order valence-electron chi connectivity index (χ0n) is 6.98. The predicted octanol–water partition coefficient (Wildman–Crippen LogP) is 0.870. The molecule has 2 rings (SSSR count). The van der Waals surface area contributed by atoms with Crippen LogP contribution in [0.3, 0.4) is 0 Å². The summed E-state index contributed by atoms with van der Waals surface area (Å²) in [5, 5.41) is 0. The SMILES string of the molecule is CN1CC[C@]2(C)O[C@]2(C)C1. The Morgan fingerprint density at radius 2 is 2.00 bits per heavy atom. The first kappa shape index (κ1) is 6.62. The van der Waals surface area contributed by atoms with Crippen molar-refractivity contribution in [3.63, 3.8) is 0 Å². The highest BCUT2D eigenvalue weighted by molar-refractivity contribution is 5.14. The van der Waals surface area contributed by atoms with Gasteiger partial charge in [0, 0.05) is 13.1 Å². The summed E-state index contributed by atoms with van der Waals surface area (Å²) in [6.45, 7) is 6.72. The molecule has 2 heteroatoms. The molecule has 2 atom stereocenters. The first-order valence-electron chi connectivity index (χ1n) is 3.95. The summed E-state index contributed by atoms with van der Waals surface area (Å²) in [5.41, 5.74) is 0.402. The highest BCUT2D eigenvalue weighted by Crippen LogP contribution is 2.52. The first-order chi connectivity index (χ1) is 4.56. The van der Waals surface area contributed by atoms with Gasteiger partial charge in [0.1, 0.15) is 5.60 Å². The molecule has 0 radical (unpaired) electrons. The van der Waals surface area contributed by atoms with Crippen LogP contribution in [0.15, 0.2) is 0 Å². The summed E-state index contributed by atoms with van der Waals surface area (Å²) in [6, 6.07) is 0. The first-order valence-corrected chi connectivity index (χ1v) is 3.95. The van der Waals surface area contributed by atoms with Crippen LogP contribution in [0.2, 0.25) is 0 Å². The molecule has 0 spiro atoms. The molecule has 0 N–H and O–H groups in total. The number of hydrogen-bond acceptors (Lipinski definition) is 2. The summed E-state index contributed by atoms with van der Waals surface area (Å²) in [4.78, 5) is 2.34. The molecule has 0 aromatic carbocycles. The maximum Gasteiger partial charge on any atom is 0.108 e. The molecule has 0 saturated carbocycles. The van der Waals surface area contributed by atoms with Crippen LogP contribution in [0.4, 0.5) is 0 Å². The molecule has 2 aliphatic rings. The van der Waals surface area contributed by atoms with Crippen molar-refractivity contribution in [3.05, 3.63) is 0 Å². The molecule has 0 aromatic rings. The average Bonchev–Trinajstić information content (AvgIpc) is 2.33. The quantitative estimate of drug-likeness (QED) is 0.465. The van der Waals surface area contributed by atoms with Gasteiger partial charge in [0.05, 0.1) is 5.60 Å². The summed E-state index contributed by atoms with van der Waals surface area (Å²) < 4.78 is 5.68. The van der Waals surface area contributed by atoms with E-state index in [1.54, 1.807) is 0 Å². The Bertz CT molecular complexity index is 171. The van der Waals surface area contributed by atoms with Crippen molar-refractivity contribution in [3.8, 4) is 0 Å². The Kier molecular flexibility index (Phi) is 1.03. The van der Waals surface area contributed by atoms with Crippen molar-refractivity contribution < 1.29 is 4.74 Å². The minimum Gasteiger partial charge on any atom is -0.362 e. The van der Waals surface area contributed by atoms with Gasteiger partial charge in [-0.2, -0.15) is 0 Å². The van der Waals surface area contributed by atoms with E-state index < -0.39 is 0 Å². The van der Waals surface area contributed by atoms with Gasteiger partial charge in [-0.15, -0.1) is 0 Å². The Morgan fingerprint density at radius 1 is 1.30 bits per heavy atom. The van der Waals surface area contributed by atoms with Gasteiger partial charge in [0.2, 0.25) is 0 Å². The fourth-order valence-electron chi connectivity index (χ4n) is 1.98. The van der Waals surface area contributed by atoms with Crippen LogP contribution in [0.1, 0.15) is 20.3 Å². The fraction of sp³-hybridized carbons (Fsp3) is 1.00. The number of likely N-dealkylation sites (tertiary alicyclic amines) is 1. The highest BCUT2D eigenvalue weighted by atomic mass is 16.6. The monoisotopic (exact) mass is 141 g/mol. The van der Waals surface area contributed by atoms with Crippen LogP contribution < -0.4 is 0 Å². The number of likely N-dealkylation sites (N-methyl/N-ethyl adjacent to an activating group) is 1. The van der Waals surface area contributed by atoms with Gasteiger partial charge in [-0.05, 0) is 27.3 Å². The molecule has 2 saturated heterocycles. The van der Waals surface area contributed by atoms with Crippen LogP contribution in [-0.4, -0.2) is 36.2 Å². The van der Waals surface area contributed by atoms with Gasteiger partial charge < -0.3 is 9.64 Å². The molecule has 58 valence electrons. The van der Waals surface area contributed by atoms with E-state index in [9.17, 15) is 0 Å². The molecule has 0 unspecified atom stereocenters. The summed E-state index contributed by atoms with van der Waals surface area (Å²) >= 11 is 0. The average molecular weight is 141 g/mol. The molecule has 0 amide bonds. The summed E-state index contributed by atoms with van der Waals surface area (Å²) in [5.74, 6) is 0. The Balaban J connectivity index is 2.12. The topological polar surface area (TPSA) is 15.8 Å². The molecule has 0 bridgehead atoms. The molecule has 2 fully saturated rings. The second-order valence-corrected chi connectivity index (χ2v) is 4.05. The Hall–Kier alpha value is -0.0800. The molecule has 2 aliphatic heterocycles. The van der Waals surface area contributed by atoms with Crippen molar-refractivity contribution >= 4 is 0 Å². The van der Waals surface area contributed by atoms with Gasteiger partial charge in [-0.1, -0.05) is 0 Å².